The van der Waals surface area contributed by atoms with Gasteiger partial charge in [0.15, 0.2) is 11.5 Å². The molecular formula is C66H92O4. The Hall–Kier alpha value is -4.90. The Labute approximate surface area is 429 Å². The monoisotopic (exact) mass is 949 g/mol. The molecule has 380 valence electrons. The molecular weight excluding hydrogens is 857 g/mol. The minimum absolute atomic E-state index is 0.632. The van der Waals surface area contributed by atoms with Crippen LogP contribution in [-0.2, 0) is 0 Å². The average molecular weight is 949 g/mol. The number of fused-ring (bicyclic) bond motifs is 3. The van der Waals surface area contributed by atoms with E-state index >= 15 is 0 Å². The molecule has 0 aliphatic rings. The number of ether oxygens (including phenoxy) is 4. The Morgan fingerprint density at radius 1 is 0.257 bits per heavy atom. The molecule has 0 amide bonds. The Bertz CT molecular complexity index is 1920. The van der Waals surface area contributed by atoms with E-state index in [1.165, 1.54) is 167 Å². The zero-order valence-corrected chi connectivity index (χ0v) is 44.7. The summed E-state index contributed by atoms with van der Waals surface area (Å²) < 4.78 is 25.8. The van der Waals surface area contributed by atoms with Gasteiger partial charge in [-0.3, -0.25) is 0 Å². The summed E-state index contributed by atoms with van der Waals surface area (Å²) >= 11 is 0. The van der Waals surface area contributed by atoms with Crippen LogP contribution >= 0.6 is 0 Å². The minimum atomic E-state index is 0.632. The van der Waals surface area contributed by atoms with E-state index in [1.54, 1.807) is 0 Å². The first kappa shape index (κ1) is 57.7. The fourth-order valence-electron chi connectivity index (χ4n) is 8.80. The molecule has 0 radical (unpaired) electrons. The lowest BCUT2D eigenvalue weighted by molar-refractivity contribution is 0.259. The molecule has 0 heterocycles. The van der Waals surface area contributed by atoms with Gasteiger partial charge in [-0.05, 0) is 74.2 Å². The standard InChI is InChI=1S/C66H92O4/c1-5-9-13-17-21-25-29-35-49-67-63-47-45-57-39-33-34-40-58-46-48-64(68-50-36-30-26-22-18-14-10-6-2)54-60(58)42-44-62-56-66(70-52-38-32-28-24-20-16-12-8-4)65(55-61(62)43-41-59(57)53-63)69-51-37-31-27-23-19-15-11-7-3/h45-48,53-56H,5-32,35-38,49-52H2,1-4H3. The van der Waals surface area contributed by atoms with Crippen molar-refractivity contribution < 1.29 is 18.9 Å². The van der Waals surface area contributed by atoms with Crippen LogP contribution in [0.5, 0.6) is 23.0 Å². The maximum atomic E-state index is 6.61. The van der Waals surface area contributed by atoms with E-state index in [1.807, 2.05) is 36.4 Å². The van der Waals surface area contributed by atoms with Gasteiger partial charge >= 0.3 is 0 Å². The van der Waals surface area contributed by atoms with E-state index in [2.05, 4.69) is 88.4 Å². The predicted octanol–water partition coefficient (Wildman–Crippen LogP) is 19.9. The second kappa shape index (κ2) is 38.8. The summed E-state index contributed by atoms with van der Waals surface area (Å²) in [6, 6.07) is 43.1. The molecule has 0 atom stereocenters. The summed E-state index contributed by atoms with van der Waals surface area (Å²) in [4.78, 5) is 0. The molecule has 70 heavy (non-hydrogen) atoms. The fourth-order valence-corrected chi connectivity index (χ4v) is 8.80. The lowest BCUT2D eigenvalue weighted by Gasteiger charge is -2.13. The van der Waals surface area contributed by atoms with E-state index in [4.69, 9.17) is 18.9 Å². The molecule has 0 bridgehead atoms. The minimum Gasteiger partial charge on any atom is -0.494 e. The van der Waals surface area contributed by atoms with Crippen LogP contribution in [0, 0.1) is 48.5 Å². The second-order valence-corrected chi connectivity index (χ2v) is 19.6. The van der Waals surface area contributed by atoms with Crippen LogP contribution in [0.3, 0.4) is 0 Å². The molecule has 4 aromatic carbocycles. The van der Waals surface area contributed by atoms with Gasteiger partial charge in [0.05, 0.1) is 26.4 Å². The van der Waals surface area contributed by atoms with Gasteiger partial charge in [-0.25, -0.2) is 0 Å². The number of benzene rings is 3. The molecule has 4 heteroatoms. The molecule has 0 N–H and O–H groups in total. The van der Waals surface area contributed by atoms with Gasteiger partial charge in [-0.1, -0.05) is 244 Å². The van der Waals surface area contributed by atoms with Crippen LogP contribution in [0.4, 0.5) is 0 Å². The average Bonchev–Trinajstić information content (AvgIpc) is 3.37. The maximum absolute atomic E-state index is 6.61. The topological polar surface area (TPSA) is 36.9 Å². The van der Waals surface area contributed by atoms with Crippen LogP contribution < -0.4 is 18.9 Å². The van der Waals surface area contributed by atoms with Crippen molar-refractivity contribution in [2.75, 3.05) is 26.4 Å². The Morgan fingerprint density at radius 3 is 0.814 bits per heavy atom. The molecule has 0 aliphatic heterocycles. The Balaban J connectivity index is 1.68. The first-order chi connectivity index (χ1) is 34.6. The zero-order valence-electron chi connectivity index (χ0n) is 44.7. The summed E-state index contributed by atoms with van der Waals surface area (Å²) in [5.74, 6) is 3.06. The van der Waals surface area contributed by atoms with Gasteiger partial charge in [0.25, 0.3) is 0 Å². The first-order valence-electron chi connectivity index (χ1n) is 28.7. The number of unbranched alkanes of at least 4 members (excludes halogenated alkanes) is 28. The molecule has 4 nitrogen and oxygen atoms in total. The van der Waals surface area contributed by atoms with E-state index in [-0.39, 0.29) is 0 Å². The van der Waals surface area contributed by atoms with Gasteiger partial charge in [0.2, 0.25) is 0 Å². The fraction of sp³-hybridized carbons (Fsp3) is 0.606. The largest absolute Gasteiger partial charge is 0.494 e. The van der Waals surface area contributed by atoms with Crippen molar-refractivity contribution in [1.82, 2.24) is 0 Å². The third kappa shape index (κ3) is 25.3. The molecule has 0 fully saturated rings. The molecule has 0 spiro atoms. The molecule has 4 aromatic rings. The lowest BCUT2D eigenvalue weighted by atomic mass is 10.1. The highest BCUT2D eigenvalue weighted by atomic mass is 16.5. The predicted molar refractivity (Wildman–Crippen MR) is 297 cm³/mol. The molecule has 0 unspecified atom stereocenters. The van der Waals surface area contributed by atoms with Crippen LogP contribution in [0.1, 0.15) is 233 Å². The van der Waals surface area contributed by atoms with Crippen LogP contribution in [0.15, 0.2) is 48.5 Å². The van der Waals surface area contributed by atoms with Crippen LogP contribution in [0.25, 0.3) is 32.3 Å². The van der Waals surface area contributed by atoms with E-state index in [0.717, 1.165) is 93.8 Å². The van der Waals surface area contributed by atoms with Crippen molar-refractivity contribution in [3.8, 4) is 23.0 Å². The molecule has 0 saturated carbocycles. The van der Waals surface area contributed by atoms with Crippen LogP contribution in [0.2, 0.25) is 0 Å². The van der Waals surface area contributed by atoms with Crippen molar-refractivity contribution in [3.05, 3.63) is 97.1 Å². The van der Waals surface area contributed by atoms with E-state index in [0.29, 0.717) is 26.4 Å². The number of hydrogen-bond acceptors (Lipinski definition) is 4. The van der Waals surface area contributed by atoms with Crippen molar-refractivity contribution in [2.45, 2.75) is 233 Å². The number of hydrogen-bond donors (Lipinski definition) is 0. The van der Waals surface area contributed by atoms with Crippen molar-refractivity contribution in [3.63, 3.8) is 0 Å². The summed E-state index contributed by atoms with van der Waals surface area (Å²) in [5.41, 5.74) is 0. The third-order valence-corrected chi connectivity index (χ3v) is 13.2. The van der Waals surface area contributed by atoms with Crippen molar-refractivity contribution >= 4 is 32.3 Å². The molecule has 0 saturated heterocycles. The zero-order chi connectivity index (χ0) is 49.4. The van der Waals surface area contributed by atoms with Gasteiger partial charge in [-0.2, -0.15) is 0 Å². The van der Waals surface area contributed by atoms with Gasteiger partial charge in [0, 0.05) is 44.5 Å². The second-order valence-electron chi connectivity index (χ2n) is 19.6. The summed E-state index contributed by atoms with van der Waals surface area (Å²) in [5, 5.41) is 4.80. The first-order valence-corrected chi connectivity index (χ1v) is 28.7. The molecule has 4 rings (SSSR count). The summed E-state index contributed by atoms with van der Waals surface area (Å²) in [6.45, 7) is 11.7. The van der Waals surface area contributed by atoms with Crippen molar-refractivity contribution in [1.29, 1.82) is 0 Å². The van der Waals surface area contributed by atoms with E-state index < -0.39 is 0 Å². The number of rotatable bonds is 40. The normalized spacial score (nSPS) is 10.7. The lowest BCUT2D eigenvalue weighted by Crippen LogP contribution is -2.03. The van der Waals surface area contributed by atoms with Gasteiger partial charge < -0.3 is 18.9 Å². The molecule has 0 aliphatic carbocycles. The Morgan fingerprint density at radius 2 is 0.514 bits per heavy atom. The smallest absolute Gasteiger partial charge is 0.162 e. The third-order valence-electron chi connectivity index (χ3n) is 13.2. The SMILES string of the molecule is CCCCCCCCCCOc1ccc2c#cc#cc3ccc(OCCCCCCCCCC)cc3c#cc3cc(OCCCCCCCCCC)c(OCCCCCCCCCC)cc3c#cc2c1. The highest BCUT2D eigenvalue weighted by molar-refractivity contribution is 5.86. The van der Waals surface area contributed by atoms with E-state index in [9.17, 15) is 0 Å². The highest BCUT2D eigenvalue weighted by Gasteiger charge is 2.09. The Kier molecular flexibility index (Phi) is 32.0. The summed E-state index contributed by atoms with van der Waals surface area (Å²) in [7, 11) is 0. The van der Waals surface area contributed by atoms with Crippen LogP contribution in [-0.4, -0.2) is 26.4 Å². The summed E-state index contributed by atoms with van der Waals surface area (Å²) in [6.07, 6.45) is 40.1. The van der Waals surface area contributed by atoms with Gasteiger partial charge in [0.1, 0.15) is 11.5 Å². The highest BCUT2D eigenvalue weighted by Crippen LogP contribution is 2.32. The van der Waals surface area contributed by atoms with Gasteiger partial charge in [-0.15, -0.1) is 0 Å². The maximum Gasteiger partial charge on any atom is 0.162 e. The molecule has 0 aromatic heterocycles. The van der Waals surface area contributed by atoms with Crippen molar-refractivity contribution in [2.24, 2.45) is 0 Å². The quantitative estimate of drug-likeness (QED) is 0.0416.